The molecule has 0 aromatic heterocycles. The monoisotopic (exact) mass is 308 g/mol. The number of allylic oxidation sites excluding steroid dienone is 2. The quantitative estimate of drug-likeness (QED) is 0.503. The Labute approximate surface area is 133 Å². The molecule has 0 saturated heterocycles. The zero-order chi connectivity index (χ0) is 16.4. The third kappa shape index (κ3) is 6.04. The molecule has 1 aliphatic carbocycles. The summed E-state index contributed by atoms with van der Waals surface area (Å²) in [7, 11) is 0. The maximum absolute atomic E-state index is 12.3. The van der Waals surface area contributed by atoms with Crippen molar-refractivity contribution in [1.82, 2.24) is 0 Å². The number of rotatable bonds is 8. The predicted octanol–water partition coefficient (Wildman–Crippen LogP) is 3.96. The van der Waals surface area contributed by atoms with Crippen LogP contribution >= 0.6 is 0 Å². The summed E-state index contributed by atoms with van der Waals surface area (Å²) in [5.74, 6) is -0.590. The molecule has 0 bridgehead atoms. The average molecular weight is 308 g/mol. The van der Waals surface area contributed by atoms with Gasteiger partial charge in [-0.2, -0.15) is 0 Å². The van der Waals surface area contributed by atoms with E-state index in [1.54, 1.807) is 0 Å². The van der Waals surface area contributed by atoms with E-state index in [0.29, 0.717) is 24.4 Å². The molecule has 0 amide bonds. The topological polar surface area (TPSA) is 52.6 Å². The summed E-state index contributed by atoms with van der Waals surface area (Å²) in [5.41, 5.74) is 0.726. The van der Waals surface area contributed by atoms with E-state index in [4.69, 9.17) is 9.47 Å². The fourth-order valence-corrected chi connectivity index (χ4v) is 2.20. The van der Waals surface area contributed by atoms with Crippen LogP contribution in [0.1, 0.15) is 59.3 Å². The summed E-state index contributed by atoms with van der Waals surface area (Å²) in [5, 5.41) is 0. The third-order valence-electron chi connectivity index (χ3n) is 3.61. The number of hydrogen-bond donors (Lipinski definition) is 0. The van der Waals surface area contributed by atoms with Crippen molar-refractivity contribution in [3.05, 3.63) is 23.3 Å². The Kier molecular flexibility index (Phi) is 8.56. The highest BCUT2D eigenvalue weighted by molar-refractivity contribution is 6.07. The summed E-state index contributed by atoms with van der Waals surface area (Å²) in [6, 6.07) is 0. The highest BCUT2D eigenvalue weighted by Crippen LogP contribution is 2.24. The molecule has 1 atom stereocenters. The summed E-state index contributed by atoms with van der Waals surface area (Å²) >= 11 is 0. The van der Waals surface area contributed by atoms with Crippen LogP contribution in [0.4, 0.5) is 0 Å². The average Bonchev–Trinajstić information content (AvgIpc) is 2.69. The van der Waals surface area contributed by atoms with Gasteiger partial charge in [-0.3, -0.25) is 0 Å². The van der Waals surface area contributed by atoms with Crippen molar-refractivity contribution in [3.63, 3.8) is 0 Å². The van der Waals surface area contributed by atoms with E-state index in [1.807, 2.05) is 32.9 Å². The van der Waals surface area contributed by atoms with Gasteiger partial charge in [0.05, 0.1) is 24.4 Å². The SMILES string of the molecule is CCCCOC(=O)C1=CCCC(C)C=C1C(=O)OCCCC. The van der Waals surface area contributed by atoms with E-state index < -0.39 is 11.9 Å². The van der Waals surface area contributed by atoms with Crippen LogP contribution < -0.4 is 0 Å². The molecule has 4 nitrogen and oxygen atoms in total. The molecule has 124 valence electrons. The predicted molar refractivity (Wildman–Crippen MR) is 86.3 cm³/mol. The summed E-state index contributed by atoms with van der Waals surface area (Å²) < 4.78 is 10.5. The second-order valence-electron chi connectivity index (χ2n) is 5.73. The lowest BCUT2D eigenvalue weighted by molar-refractivity contribution is -0.142. The maximum atomic E-state index is 12.3. The largest absolute Gasteiger partial charge is 0.462 e. The molecule has 0 saturated carbocycles. The van der Waals surface area contributed by atoms with Crippen molar-refractivity contribution in [3.8, 4) is 0 Å². The lowest BCUT2D eigenvalue weighted by atomic mass is 10.0. The van der Waals surface area contributed by atoms with Crippen molar-refractivity contribution < 1.29 is 19.1 Å². The highest BCUT2D eigenvalue weighted by Gasteiger charge is 2.25. The fraction of sp³-hybridized carbons (Fsp3) is 0.667. The van der Waals surface area contributed by atoms with Gasteiger partial charge in [0, 0.05) is 0 Å². The number of hydrogen-bond acceptors (Lipinski definition) is 4. The van der Waals surface area contributed by atoms with Crippen molar-refractivity contribution in [2.75, 3.05) is 13.2 Å². The van der Waals surface area contributed by atoms with Crippen molar-refractivity contribution in [2.45, 2.75) is 59.3 Å². The minimum Gasteiger partial charge on any atom is -0.462 e. The van der Waals surface area contributed by atoms with Crippen LogP contribution in [-0.2, 0) is 19.1 Å². The highest BCUT2D eigenvalue weighted by atomic mass is 16.5. The molecule has 22 heavy (non-hydrogen) atoms. The molecule has 0 aliphatic heterocycles. The minimum atomic E-state index is -0.416. The molecule has 4 heteroatoms. The summed E-state index contributed by atoms with van der Waals surface area (Å²) in [4.78, 5) is 24.5. The van der Waals surface area contributed by atoms with E-state index in [9.17, 15) is 9.59 Å². The molecule has 0 spiro atoms. The van der Waals surface area contributed by atoms with Crippen molar-refractivity contribution in [2.24, 2.45) is 5.92 Å². The normalized spacial score (nSPS) is 18.0. The van der Waals surface area contributed by atoms with Gasteiger partial charge in [0.25, 0.3) is 0 Å². The van der Waals surface area contributed by atoms with E-state index >= 15 is 0 Å². The van der Waals surface area contributed by atoms with E-state index in [1.165, 1.54) is 0 Å². The molecule has 1 unspecified atom stereocenters. The van der Waals surface area contributed by atoms with Gasteiger partial charge >= 0.3 is 11.9 Å². The molecule has 0 heterocycles. The molecular weight excluding hydrogens is 280 g/mol. The standard InChI is InChI=1S/C18H28O4/c1-4-6-11-21-17(19)15-10-8-9-14(3)13-16(15)18(20)22-12-7-5-2/h10,13-14H,4-9,11-12H2,1-3H3. The zero-order valence-electron chi connectivity index (χ0n) is 14.0. The second kappa shape index (κ2) is 10.2. The number of ether oxygens (including phenoxy) is 2. The molecule has 0 radical (unpaired) electrons. The van der Waals surface area contributed by atoms with Crippen molar-refractivity contribution >= 4 is 11.9 Å². The second-order valence-corrected chi connectivity index (χ2v) is 5.73. The first-order chi connectivity index (χ1) is 10.6. The van der Waals surface area contributed by atoms with Crippen molar-refractivity contribution in [1.29, 1.82) is 0 Å². The fourth-order valence-electron chi connectivity index (χ4n) is 2.20. The van der Waals surface area contributed by atoms with Gasteiger partial charge < -0.3 is 9.47 Å². The van der Waals surface area contributed by atoms with Gasteiger partial charge in [-0.25, -0.2) is 9.59 Å². The van der Waals surface area contributed by atoms with Crippen LogP contribution in [0.15, 0.2) is 23.3 Å². The molecule has 1 rings (SSSR count). The minimum absolute atomic E-state index is 0.242. The van der Waals surface area contributed by atoms with Crippen LogP contribution in [-0.4, -0.2) is 25.2 Å². The Morgan fingerprint density at radius 3 is 2.14 bits per heavy atom. The van der Waals surface area contributed by atoms with Gasteiger partial charge in [0.1, 0.15) is 0 Å². The number of unbranched alkanes of at least 4 members (excludes halogenated alkanes) is 2. The van der Waals surface area contributed by atoms with Gasteiger partial charge in [-0.05, 0) is 31.6 Å². The molecule has 0 aromatic carbocycles. The van der Waals surface area contributed by atoms with Crippen LogP contribution in [0.2, 0.25) is 0 Å². The number of carbonyl (C=O) groups is 2. The smallest absolute Gasteiger partial charge is 0.338 e. The lowest BCUT2D eigenvalue weighted by Gasteiger charge is -2.12. The van der Waals surface area contributed by atoms with Gasteiger partial charge in [-0.1, -0.05) is 45.8 Å². The number of esters is 2. The first-order valence-corrected chi connectivity index (χ1v) is 8.36. The molecule has 0 aromatic rings. The molecule has 0 N–H and O–H groups in total. The summed E-state index contributed by atoms with van der Waals surface area (Å²) in [6.07, 6.45) is 8.91. The van der Waals surface area contributed by atoms with Gasteiger partial charge in [0.15, 0.2) is 0 Å². The first kappa shape index (κ1) is 18.5. The Balaban J connectivity index is 2.80. The molecule has 0 fully saturated rings. The Hall–Kier alpha value is -1.58. The Morgan fingerprint density at radius 2 is 1.59 bits per heavy atom. The van der Waals surface area contributed by atoms with Crippen LogP contribution in [0.3, 0.4) is 0 Å². The summed E-state index contributed by atoms with van der Waals surface area (Å²) in [6.45, 7) is 6.90. The van der Waals surface area contributed by atoms with E-state index in [0.717, 1.165) is 38.5 Å². The lowest BCUT2D eigenvalue weighted by Crippen LogP contribution is -2.18. The van der Waals surface area contributed by atoms with E-state index in [-0.39, 0.29) is 5.92 Å². The zero-order valence-corrected chi connectivity index (χ0v) is 14.0. The van der Waals surface area contributed by atoms with E-state index in [2.05, 4.69) is 0 Å². The first-order valence-electron chi connectivity index (χ1n) is 8.36. The van der Waals surface area contributed by atoms with Gasteiger partial charge in [0.2, 0.25) is 0 Å². The van der Waals surface area contributed by atoms with Crippen LogP contribution in [0.25, 0.3) is 0 Å². The van der Waals surface area contributed by atoms with Gasteiger partial charge in [-0.15, -0.1) is 0 Å². The maximum Gasteiger partial charge on any atom is 0.338 e. The number of carbonyl (C=O) groups excluding carboxylic acids is 2. The Morgan fingerprint density at radius 1 is 1.05 bits per heavy atom. The third-order valence-corrected chi connectivity index (χ3v) is 3.61. The van der Waals surface area contributed by atoms with Crippen LogP contribution in [0.5, 0.6) is 0 Å². The Bertz CT molecular complexity index is 434. The molecular formula is C18H28O4. The molecule has 1 aliphatic rings. The van der Waals surface area contributed by atoms with Crippen LogP contribution in [0, 0.1) is 5.92 Å².